The molecule has 7 heteroatoms. The van der Waals surface area contributed by atoms with E-state index in [1.807, 2.05) is 0 Å². The molecule has 0 amide bonds. The van der Waals surface area contributed by atoms with E-state index in [2.05, 4.69) is 0 Å². The number of hydrogen-bond acceptors (Lipinski definition) is 3. The van der Waals surface area contributed by atoms with Crippen LogP contribution >= 0.6 is 0 Å². The van der Waals surface area contributed by atoms with Gasteiger partial charge in [0.15, 0.2) is 0 Å². The van der Waals surface area contributed by atoms with Crippen LogP contribution in [0.2, 0.25) is 0 Å². The van der Waals surface area contributed by atoms with Gasteiger partial charge in [-0.25, -0.2) is 0 Å². The minimum Gasteiger partial charge on any atom is -0.549 e. The fraction of sp³-hybridized carbons (Fsp3) is 0.667. The fourth-order valence-electron chi connectivity index (χ4n) is 0.657. The van der Waals surface area contributed by atoms with Crippen LogP contribution in [0.5, 0.6) is 0 Å². The molecule has 13 heavy (non-hydrogen) atoms. The Kier molecular flexibility index (Phi) is 6.31. The van der Waals surface area contributed by atoms with Crippen LogP contribution in [-0.2, 0) is 32.0 Å². The second-order valence-electron chi connectivity index (χ2n) is 2.14. The summed E-state index contributed by atoms with van der Waals surface area (Å²) < 4.78 is 34.8. The van der Waals surface area contributed by atoms with Crippen LogP contribution in [0, 0.1) is 5.92 Å². The van der Waals surface area contributed by atoms with Gasteiger partial charge < -0.3 is 9.90 Å². The molecule has 1 atom stereocenters. The number of rotatable bonds is 3. The van der Waals surface area contributed by atoms with Gasteiger partial charge in [-0.3, -0.25) is 4.79 Å². The molecule has 0 fully saturated rings. The summed E-state index contributed by atoms with van der Waals surface area (Å²) in [4.78, 5) is 20.3. The Morgan fingerprint density at radius 2 is 1.77 bits per heavy atom. The largest absolute Gasteiger partial charge is 1.00 e. The molecule has 0 N–H and O–H groups in total. The van der Waals surface area contributed by atoms with Gasteiger partial charge in [-0.15, -0.1) is 0 Å². The Labute approximate surface area is 87.8 Å². The van der Waals surface area contributed by atoms with Crippen LogP contribution in [-0.4, -0.2) is 17.9 Å². The zero-order valence-corrected chi connectivity index (χ0v) is 7.93. The van der Waals surface area contributed by atoms with Crippen LogP contribution in [0.3, 0.4) is 0 Å². The molecule has 0 aliphatic carbocycles. The third kappa shape index (κ3) is 4.44. The minimum atomic E-state index is -5.10. The van der Waals surface area contributed by atoms with Crippen molar-refractivity contribution in [1.82, 2.24) is 0 Å². The van der Waals surface area contributed by atoms with E-state index in [0.29, 0.717) is 0 Å². The molecule has 0 spiro atoms. The molecule has 0 bridgehead atoms. The molecule has 80 valence electrons. The first-order chi connectivity index (χ1) is 5.30. The first-order valence-corrected chi connectivity index (χ1v) is 3.12. The van der Waals surface area contributed by atoms with Gasteiger partial charge in [0, 0.05) is 0 Å². The molecule has 0 saturated heterocycles. The summed E-state index contributed by atoms with van der Waals surface area (Å²) >= 11 is 0. The predicted octanol–water partition coefficient (Wildman–Crippen LogP) is -0.109. The normalized spacial score (nSPS) is 12.9. The molecule has 0 heterocycles. The molecule has 0 aromatic carbocycles. The third-order valence-corrected chi connectivity index (χ3v) is 1.29. The van der Waals surface area contributed by atoms with E-state index in [9.17, 15) is 27.9 Å². The Hall–Kier alpha value is -0.330. The first kappa shape index (κ1) is 15.2. The van der Waals surface area contributed by atoms with Crippen LogP contribution in [0.15, 0.2) is 0 Å². The quantitative estimate of drug-likeness (QED) is 0.538. The molecule has 0 aliphatic heterocycles. The van der Waals surface area contributed by atoms with Crippen molar-refractivity contribution in [2.45, 2.75) is 19.5 Å². The average molecular weight is 291 g/mol. The van der Waals surface area contributed by atoms with Gasteiger partial charge in [0.2, 0.25) is 5.78 Å². The van der Waals surface area contributed by atoms with Gasteiger partial charge in [0.05, 0.1) is 11.9 Å². The monoisotopic (exact) mass is 290 g/mol. The van der Waals surface area contributed by atoms with Crippen molar-refractivity contribution in [3.8, 4) is 0 Å². The number of Topliss-reactive ketones (excluding diaryl/α,β-unsaturated/α-hetero) is 1. The molecule has 0 aliphatic rings. The molecule has 0 radical (unpaired) electrons. The molecule has 0 rings (SSSR count). The number of aliphatic carboxylic acids is 1. The summed E-state index contributed by atoms with van der Waals surface area (Å²) in [6.07, 6.45) is -5.51. The second kappa shape index (κ2) is 5.41. The van der Waals surface area contributed by atoms with Crippen molar-refractivity contribution >= 4 is 11.8 Å². The summed E-state index contributed by atoms with van der Waals surface area (Å²) in [5, 5.41) is 9.99. The summed E-state index contributed by atoms with van der Waals surface area (Å²) in [6, 6.07) is 0. The number of halogens is 3. The van der Waals surface area contributed by atoms with Gasteiger partial charge in [0.25, 0.3) is 0 Å². The third-order valence-electron chi connectivity index (χ3n) is 1.29. The van der Waals surface area contributed by atoms with Gasteiger partial charge in [-0.2, -0.15) is 13.2 Å². The van der Waals surface area contributed by atoms with E-state index in [-0.39, 0.29) is 22.4 Å². The van der Waals surface area contributed by atoms with E-state index in [1.54, 1.807) is 0 Å². The number of carbonyl (C=O) groups is 2. The van der Waals surface area contributed by atoms with E-state index in [4.69, 9.17) is 0 Å². The number of hydrogen-bond donors (Lipinski definition) is 0. The molecular weight excluding hydrogens is 285 g/mol. The summed E-state index contributed by atoms with van der Waals surface area (Å²) in [5.74, 6) is -6.32. The van der Waals surface area contributed by atoms with Crippen molar-refractivity contribution in [1.29, 1.82) is 0 Å². The smallest absolute Gasteiger partial charge is 0.549 e. The minimum absolute atomic E-state index is 0. The molecule has 0 aromatic rings. The molecule has 1 unspecified atom stereocenters. The Morgan fingerprint density at radius 1 is 1.38 bits per heavy atom. The van der Waals surface area contributed by atoms with Crippen molar-refractivity contribution < 1.29 is 50.2 Å². The van der Waals surface area contributed by atoms with Crippen molar-refractivity contribution in [2.75, 3.05) is 0 Å². The molecule has 0 aromatic heterocycles. The second-order valence-corrected chi connectivity index (χ2v) is 2.14. The van der Waals surface area contributed by atoms with Crippen LogP contribution < -0.4 is 5.11 Å². The SMILES string of the molecule is CCC(C(=O)[O-])C(=O)C(F)(F)F.[Ag+]. The summed E-state index contributed by atoms with van der Waals surface area (Å²) in [5.41, 5.74) is 0. The van der Waals surface area contributed by atoms with Crippen molar-refractivity contribution in [2.24, 2.45) is 5.92 Å². The zero-order chi connectivity index (χ0) is 9.94. The zero-order valence-electron chi connectivity index (χ0n) is 6.44. The summed E-state index contributed by atoms with van der Waals surface area (Å²) in [6.45, 7) is 1.17. The van der Waals surface area contributed by atoms with Gasteiger partial charge in [0.1, 0.15) is 0 Å². The topological polar surface area (TPSA) is 57.2 Å². The van der Waals surface area contributed by atoms with Gasteiger partial charge in [-0.05, 0) is 6.42 Å². The Balaban J connectivity index is 0. The summed E-state index contributed by atoms with van der Waals surface area (Å²) in [7, 11) is 0. The van der Waals surface area contributed by atoms with E-state index >= 15 is 0 Å². The van der Waals surface area contributed by atoms with E-state index < -0.39 is 30.3 Å². The molecular formula is C6H6AgF3O3. The van der Waals surface area contributed by atoms with Crippen LogP contribution in [0.4, 0.5) is 13.2 Å². The number of carboxylic acids is 1. The van der Waals surface area contributed by atoms with Crippen LogP contribution in [0.25, 0.3) is 0 Å². The fourth-order valence-corrected chi connectivity index (χ4v) is 0.657. The Morgan fingerprint density at radius 3 is 1.85 bits per heavy atom. The first-order valence-electron chi connectivity index (χ1n) is 3.12. The number of carboxylic acid groups (broad SMARTS) is 1. The van der Waals surface area contributed by atoms with Crippen LogP contribution in [0.1, 0.15) is 13.3 Å². The van der Waals surface area contributed by atoms with Gasteiger partial charge >= 0.3 is 28.6 Å². The predicted molar refractivity (Wildman–Crippen MR) is 29.8 cm³/mol. The number of alkyl halides is 3. The number of carbonyl (C=O) groups excluding carboxylic acids is 2. The Bertz CT molecular complexity index is 202. The van der Waals surface area contributed by atoms with E-state index in [0.717, 1.165) is 0 Å². The van der Waals surface area contributed by atoms with Crippen molar-refractivity contribution in [3.63, 3.8) is 0 Å². The number of ketones is 1. The molecule has 0 saturated carbocycles. The van der Waals surface area contributed by atoms with Gasteiger partial charge in [-0.1, -0.05) is 6.92 Å². The standard InChI is InChI=1S/C6H7F3O3.Ag/c1-2-3(5(11)12)4(10)6(7,8)9;/h3H,2H2,1H3,(H,11,12);/q;+1/p-1. The maximum Gasteiger partial charge on any atom is 1.00 e. The average Bonchev–Trinajstić information content (AvgIpc) is 1.86. The van der Waals surface area contributed by atoms with E-state index in [1.165, 1.54) is 6.92 Å². The van der Waals surface area contributed by atoms with Crippen molar-refractivity contribution in [3.05, 3.63) is 0 Å². The maximum atomic E-state index is 11.6. The maximum absolute atomic E-state index is 11.6. The molecule has 3 nitrogen and oxygen atoms in total.